The summed E-state index contributed by atoms with van der Waals surface area (Å²) in [6.07, 6.45) is 1.72. The van der Waals surface area contributed by atoms with Gasteiger partial charge in [-0.2, -0.15) is 0 Å². The Kier molecular flexibility index (Phi) is 4.26. The number of benzene rings is 1. The summed E-state index contributed by atoms with van der Waals surface area (Å²) in [6, 6.07) is 5.29. The van der Waals surface area contributed by atoms with Gasteiger partial charge in [0, 0.05) is 17.2 Å². The van der Waals surface area contributed by atoms with Crippen molar-refractivity contribution in [2.45, 2.75) is 32.0 Å². The molecule has 2 atom stereocenters. The fourth-order valence-corrected chi connectivity index (χ4v) is 2.12. The predicted octanol–water partition coefficient (Wildman–Crippen LogP) is 2.95. The number of aliphatic hydroxyl groups excluding tert-OH is 1. The topological polar surface area (TPSA) is 38.7 Å². The van der Waals surface area contributed by atoms with E-state index in [2.05, 4.69) is 0 Å². The Morgan fingerprint density at radius 1 is 1.59 bits per heavy atom. The second-order valence-electron chi connectivity index (χ2n) is 4.30. The van der Waals surface area contributed by atoms with Crippen LogP contribution in [0.25, 0.3) is 0 Å². The van der Waals surface area contributed by atoms with Gasteiger partial charge in [-0.3, -0.25) is 0 Å². The Bertz CT molecular complexity index is 373. The molecular formula is C13H17ClO3. The lowest BCUT2D eigenvalue weighted by atomic mass is 10.1. The molecule has 1 saturated heterocycles. The van der Waals surface area contributed by atoms with Crippen LogP contribution in [0, 0.1) is 0 Å². The second-order valence-corrected chi connectivity index (χ2v) is 4.74. The number of ether oxygens (including phenoxy) is 2. The molecule has 1 fully saturated rings. The molecule has 17 heavy (non-hydrogen) atoms. The molecule has 1 aromatic carbocycles. The third-order valence-corrected chi connectivity index (χ3v) is 3.11. The zero-order chi connectivity index (χ0) is 12.3. The van der Waals surface area contributed by atoms with E-state index < -0.39 is 6.10 Å². The van der Waals surface area contributed by atoms with Crippen molar-refractivity contribution in [2.75, 3.05) is 13.2 Å². The molecule has 0 saturated carbocycles. The van der Waals surface area contributed by atoms with Crippen LogP contribution >= 0.6 is 11.6 Å². The number of halogens is 1. The third-order valence-electron chi connectivity index (χ3n) is 2.87. The molecule has 0 aromatic heterocycles. The molecule has 94 valence electrons. The van der Waals surface area contributed by atoms with Crippen molar-refractivity contribution >= 4 is 11.6 Å². The van der Waals surface area contributed by atoms with Crippen LogP contribution in [0.3, 0.4) is 0 Å². The van der Waals surface area contributed by atoms with Crippen LogP contribution in [0.15, 0.2) is 18.2 Å². The number of hydrogen-bond donors (Lipinski definition) is 1. The van der Waals surface area contributed by atoms with E-state index >= 15 is 0 Å². The Hall–Kier alpha value is -0.770. The Labute approximate surface area is 106 Å². The first kappa shape index (κ1) is 12.7. The summed E-state index contributed by atoms with van der Waals surface area (Å²) >= 11 is 5.90. The minimum absolute atomic E-state index is 0.174. The maximum absolute atomic E-state index is 9.65. The van der Waals surface area contributed by atoms with E-state index in [1.54, 1.807) is 25.1 Å². The lowest BCUT2D eigenvalue weighted by molar-refractivity contribution is 0.0664. The van der Waals surface area contributed by atoms with Gasteiger partial charge in [-0.05, 0) is 38.0 Å². The maximum Gasteiger partial charge on any atom is 0.125 e. The fraction of sp³-hybridized carbons (Fsp3) is 0.538. The quantitative estimate of drug-likeness (QED) is 0.900. The monoisotopic (exact) mass is 256 g/mol. The molecule has 1 aromatic rings. The Morgan fingerprint density at radius 2 is 2.41 bits per heavy atom. The van der Waals surface area contributed by atoms with E-state index in [4.69, 9.17) is 21.1 Å². The van der Waals surface area contributed by atoms with E-state index in [1.807, 2.05) is 0 Å². The summed E-state index contributed by atoms with van der Waals surface area (Å²) in [7, 11) is 0. The molecule has 0 spiro atoms. The predicted molar refractivity (Wildman–Crippen MR) is 66.6 cm³/mol. The zero-order valence-corrected chi connectivity index (χ0v) is 10.6. The van der Waals surface area contributed by atoms with Gasteiger partial charge in [0.15, 0.2) is 0 Å². The highest BCUT2D eigenvalue weighted by Gasteiger charge is 2.17. The van der Waals surface area contributed by atoms with Gasteiger partial charge in [0.25, 0.3) is 0 Å². The minimum Gasteiger partial charge on any atom is -0.490 e. The van der Waals surface area contributed by atoms with Gasteiger partial charge in [0.1, 0.15) is 12.4 Å². The van der Waals surface area contributed by atoms with Gasteiger partial charge in [-0.15, -0.1) is 0 Å². The summed E-state index contributed by atoms with van der Waals surface area (Å²) in [5.74, 6) is 0.680. The summed E-state index contributed by atoms with van der Waals surface area (Å²) in [5.41, 5.74) is 0.718. The summed E-state index contributed by atoms with van der Waals surface area (Å²) in [4.78, 5) is 0. The molecule has 0 amide bonds. The average molecular weight is 257 g/mol. The molecule has 1 aliphatic heterocycles. The first-order valence-electron chi connectivity index (χ1n) is 5.88. The molecule has 3 nitrogen and oxygen atoms in total. The number of rotatable bonds is 4. The van der Waals surface area contributed by atoms with E-state index in [1.165, 1.54) is 0 Å². The molecule has 0 radical (unpaired) electrons. The standard InChI is InChI=1S/C13H17ClO3/c1-9(15)12-7-10(14)4-5-13(12)17-8-11-3-2-6-16-11/h4-5,7,9,11,15H,2-3,6,8H2,1H3. The van der Waals surface area contributed by atoms with E-state index in [-0.39, 0.29) is 6.10 Å². The summed E-state index contributed by atoms with van der Waals surface area (Å²) in [5, 5.41) is 10.3. The Balaban J connectivity index is 2.03. The van der Waals surface area contributed by atoms with Crippen LogP contribution in [0.5, 0.6) is 5.75 Å². The smallest absolute Gasteiger partial charge is 0.125 e. The normalized spacial score (nSPS) is 21.5. The molecule has 1 aliphatic rings. The van der Waals surface area contributed by atoms with Gasteiger partial charge >= 0.3 is 0 Å². The third kappa shape index (κ3) is 3.35. The van der Waals surface area contributed by atoms with E-state index in [0.717, 1.165) is 25.0 Å². The highest BCUT2D eigenvalue weighted by molar-refractivity contribution is 6.30. The summed E-state index contributed by atoms with van der Waals surface area (Å²) in [6.45, 7) is 3.05. The van der Waals surface area contributed by atoms with Crippen molar-refractivity contribution in [1.29, 1.82) is 0 Å². The lowest BCUT2D eigenvalue weighted by Crippen LogP contribution is -2.17. The van der Waals surface area contributed by atoms with Crippen molar-refractivity contribution in [3.05, 3.63) is 28.8 Å². The van der Waals surface area contributed by atoms with Crippen molar-refractivity contribution in [3.8, 4) is 5.75 Å². The van der Waals surface area contributed by atoms with Crippen LogP contribution in [0.1, 0.15) is 31.4 Å². The Morgan fingerprint density at radius 3 is 3.06 bits per heavy atom. The van der Waals surface area contributed by atoms with Gasteiger partial charge < -0.3 is 14.6 Å². The van der Waals surface area contributed by atoms with E-state index in [9.17, 15) is 5.11 Å². The molecule has 2 unspecified atom stereocenters. The molecule has 1 heterocycles. The highest BCUT2D eigenvalue weighted by Crippen LogP contribution is 2.28. The second kappa shape index (κ2) is 5.71. The molecule has 4 heteroatoms. The summed E-state index contributed by atoms with van der Waals surface area (Å²) < 4.78 is 11.2. The first-order valence-corrected chi connectivity index (χ1v) is 6.26. The van der Waals surface area contributed by atoms with Gasteiger partial charge in [0.05, 0.1) is 12.2 Å². The van der Waals surface area contributed by atoms with Crippen molar-refractivity contribution in [2.24, 2.45) is 0 Å². The lowest BCUT2D eigenvalue weighted by Gasteiger charge is -2.16. The van der Waals surface area contributed by atoms with Crippen LogP contribution in [0.4, 0.5) is 0 Å². The van der Waals surface area contributed by atoms with Crippen molar-refractivity contribution < 1.29 is 14.6 Å². The minimum atomic E-state index is -0.590. The van der Waals surface area contributed by atoms with Gasteiger partial charge in [-0.25, -0.2) is 0 Å². The van der Waals surface area contributed by atoms with Crippen molar-refractivity contribution in [1.82, 2.24) is 0 Å². The molecule has 2 rings (SSSR count). The van der Waals surface area contributed by atoms with Crippen LogP contribution < -0.4 is 4.74 Å². The number of aliphatic hydroxyl groups is 1. The fourth-order valence-electron chi connectivity index (χ4n) is 1.94. The first-order chi connectivity index (χ1) is 8.16. The van der Waals surface area contributed by atoms with Gasteiger partial charge in [-0.1, -0.05) is 11.6 Å². The van der Waals surface area contributed by atoms with Crippen LogP contribution in [0.2, 0.25) is 5.02 Å². The van der Waals surface area contributed by atoms with Crippen LogP contribution in [-0.4, -0.2) is 24.4 Å². The van der Waals surface area contributed by atoms with Crippen LogP contribution in [-0.2, 0) is 4.74 Å². The van der Waals surface area contributed by atoms with Gasteiger partial charge in [0.2, 0.25) is 0 Å². The molecule has 0 aliphatic carbocycles. The number of hydrogen-bond acceptors (Lipinski definition) is 3. The van der Waals surface area contributed by atoms with E-state index in [0.29, 0.717) is 17.4 Å². The SMILES string of the molecule is CC(O)c1cc(Cl)ccc1OCC1CCCO1. The average Bonchev–Trinajstić information content (AvgIpc) is 2.80. The maximum atomic E-state index is 9.65. The zero-order valence-electron chi connectivity index (χ0n) is 9.86. The molecular weight excluding hydrogens is 240 g/mol. The molecule has 0 bridgehead atoms. The molecule has 1 N–H and O–H groups in total. The largest absolute Gasteiger partial charge is 0.490 e. The highest BCUT2D eigenvalue weighted by atomic mass is 35.5. The van der Waals surface area contributed by atoms with Crippen molar-refractivity contribution in [3.63, 3.8) is 0 Å².